The second-order valence-corrected chi connectivity index (χ2v) is 7.83. The van der Waals surface area contributed by atoms with Crippen LogP contribution in [-0.2, 0) is 6.54 Å². The molecule has 4 aromatic rings. The van der Waals surface area contributed by atoms with Crippen molar-refractivity contribution in [1.29, 1.82) is 0 Å². The molecule has 2 aromatic carbocycles. The van der Waals surface area contributed by atoms with E-state index in [9.17, 15) is 9.59 Å². The Balaban J connectivity index is 1.45. The molecule has 0 saturated heterocycles. The van der Waals surface area contributed by atoms with E-state index in [0.717, 1.165) is 10.9 Å². The summed E-state index contributed by atoms with van der Waals surface area (Å²) in [5, 5.41) is 1.48. The summed E-state index contributed by atoms with van der Waals surface area (Å²) < 4.78 is 32.5. The molecular formula is C25H25NO8. The number of hydrogen-bond donors (Lipinski definition) is 0. The molecule has 2 heterocycles. The Bertz CT molecular complexity index is 1440. The fraction of sp³-hybridized carbons (Fsp3) is 0.280. The number of ether oxygens (including phenoxy) is 4. The first-order valence-corrected chi connectivity index (χ1v) is 10.5. The molecule has 0 unspecified atom stereocenters. The Kier molecular flexibility index (Phi) is 6.74. The van der Waals surface area contributed by atoms with Gasteiger partial charge < -0.3 is 32.7 Å². The minimum absolute atomic E-state index is 0.0566. The molecule has 4 rings (SSSR count). The van der Waals surface area contributed by atoms with Crippen LogP contribution in [0.3, 0.4) is 0 Å². The summed E-state index contributed by atoms with van der Waals surface area (Å²) in [6.45, 7) is 0.881. The van der Waals surface area contributed by atoms with Crippen molar-refractivity contribution >= 4 is 21.9 Å². The third kappa shape index (κ3) is 4.99. The number of hydrogen-bond acceptors (Lipinski definition) is 9. The van der Waals surface area contributed by atoms with Crippen molar-refractivity contribution in [3.8, 4) is 23.0 Å². The number of rotatable bonds is 9. The molecule has 0 spiro atoms. The molecule has 0 saturated carbocycles. The molecule has 0 aliphatic heterocycles. The van der Waals surface area contributed by atoms with E-state index in [1.54, 1.807) is 30.3 Å². The fourth-order valence-corrected chi connectivity index (χ4v) is 3.61. The predicted molar refractivity (Wildman–Crippen MR) is 126 cm³/mol. The first-order valence-electron chi connectivity index (χ1n) is 10.5. The van der Waals surface area contributed by atoms with Crippen molar-refractivity contribution in [2.45, 2.75) is 6.54 Å². The lowest BCUT2D eigenvalue weighted by Gasteiger charge is -2.12. The number of nitrogens with zero attached hydrogens (tertiary/aromatic N) is 1. The Hall–Kier alpha value is -3.98. The number of methoxy groups -OCH3 is 2. The van der Waals surface area contributed by atoms with Gasteiger partial charge in [-0.15, -0.1) is 0 Å². The molecule has 0 bridgehead atoms. The summed E-state index contributed by atoms with van der Waals surface area (Å²) in [5.41, 5.74) is 0.658. The van der Waals surface area contributed by atoms with Crippen LogP contribution in [0.1, 0.15) is 5.56 Å². The van der Waals surface area contributed by atoms with Crippen LogP contribution in [0.5, 0.6) is 23.0 Å². The highest BCUT2D eigenvalue weighted by Crippen LogP contribution is 2.32. The summed E-state index contributed by atoms with van der Waals surface area (Å²) in [6.07, 6.45) is 0. The van der Waals surface area contributed by atoms with E-state index in [4.69, 9.17) is 27.8 Å². The van der Waals surface area contributed by atoms with E-state index in [2.05, 4.69) is 0 Å². The molecule has 0 aliphatic carbocycles. The van der Waals surface area contributed by atoms with Gasteiger partial charge in [0.2, 0.25) is 5.75 Å². The summed E-state index contributed by atoms with van der Waals surface area (Å²) in [5.74, 6) is 1.54. The second kappa shape index (κ2) is 9.88. The maximum absolute atomic E-state index is 12.3. The Labute approximate surface area is 195 Å². The Morgan fingerprint density at radius 3 is 2.24 bits per heavy atom. The van der Waals surface area contributed by atoms with Gasteiger partial charge in [-0.1, -0.05) is 0 Å². The Morgan fingerprint density at radius 2 is 1.50 bits per heavy atom. The summed E-state index contributed by atoms with van der Waals surface area (Å²) in [6, 6.07) is 11.7. The highest BCUT2D eigenvalue weighted by Gasteiger charge is 2.12. The third-order valence-electron chi connectivity index (χ3n) is 5.10. The smallest absolute Gasteiger partial charge is 0.379 e. The molecule has 0 fully saturated rings. The predicted octanol–water partition coefficient (Wildman–Crippen LogP) is 3.44. The number of fused-ring (bicyclic) bond motifs is 2. The summed E-state index contributed by atoms with van der Waals surface area (Å²) >= 11 is 0. The zero-order valence-corrected chi connectivity index (χ0v) is 19.4. The highest BCUT2D eigenvalue weighted by atomic mass is 16.5. The van der Waals surface area contributed by atoms with Gasteiger partial charge in [-0.3, -0.25) is 0 Å². The highest BCUT2D eigenvalue weighted by molar-refractivity contribution is 5.82. The van der Waals surface area contributed by atoms with E-state index in [1.807, 2.05) is 25.1 Å². The maximum atomic E-state index is 12.3. The van der Waals surface area contributed by atoms with E-state index < -0.39 is 11.3 Å². The van der Waals surface area contributed by atoms with Crippen molar-refractivity contribution in [1.82, 2.24) is 4.90 Å². The van der Waals surface area contributed by atoms with Crippen molar-refractivity contribution in [2.24, 2.45) is 0 Å². The average Bonchev–Trinajstić information content (AvgIpc) is 2.80. The molecule has 0 aliphatic rings. The zero-order valence-electron chi connectivity index (χ0n) is 19.4. The molecule has 0 N–H and O–H groups in total. The van der Waals surface area contributed by atoms with Gasteiger partial charge in [0.25, 0.3) is 0 Å². The largest absolute Gasteiger partial charge is 0.493 e. The molecular weight excluding hydrogens is 442 g/mol. The van der Waals surface area contributed by atoms with Gasteiger partial charge in [0, 0.05) is 35.5 Å². The van der Waals surface area contributed by atoms with Crippen molar-refractivity contribution < 1.29 is 27.8 Å². The van der Waals surface area contributed by atoms with E-state index in [1.165, 1.54) is 20.3 Å². The van der Waals surface area contributed by atoms with Gasteiger partial charge >= 0.3 is 11.3 Å². The summed E-state index contributed by atoms with van der Waals surface area (Å²) in [7, 11) is 6.90. The molecule has 0 atom stereocenters. The van der Waals surface area contributed by atoms with Gasteiger partial charge in [0.1, 0.15) is 30.1 Å². The zero-order chi connectivity index (χ0) is 24.2. The van der Waals surface area contributed by atoms with Crippen LogP contribution in [-0.4, -0.2) is 46.4 Å². The Morgan fingerprint density at radius 1 is 0.794 bits per heavy atom. The summed E-state index contributed by atoms with van der Waals surface area (Å²) in [4.78, 5) is 26.2. The van der Waals surface area contributed by atoms with Crippen LogP contribution in [0.2, 0.25) is 0 Å². The monoisotopic (exact) mass is 467 g/mol. The molecule has 34 heavy (non-hydrogen) atoms. The average molecular weight is 467 g/mol. The van der Waals surface area contributed by atoms with E-state index in [0.29, 0.717) is 40.3 Å². The SMILES string of the molecule is COc1cc2cc(OCCOc3ccc4c(CN(C)C)cc(=O)oc4c3)c(=O)oc2cc1OC. The molecule has 0 amide bonds. The van der Waals surface area contributed by atoms with Gasteiger partial charge in [-0.25, -0.2) is 9.59 Å². The molecule has 9 heteroatoms. The van der Waals surface area contributed by atoms with E-state index >= 15 is 0 Å². The van der Waals surface area contributed by atoms with Crippen LogP contribution < -0.4 is 30.2 Å². The quantitative estimate of drug-likeness (QED) is 0.271. The molecule has 0 radical (unpaired) electrons. The van der Waals surface area contributed by atoms with Crippen LogP contribution in [0, 0.1) is 0 Å². The fourth-order valence-electron chi connectivity index (χ4n) is 3.61. The van der Waals surface area contributed by atoms with Crippen LogP contribution in [0.4, 0.5) is 0 Å². The topological polar surface area (TPSA) is 101 Å². The van der Waals surface area contributed by atoms with Gasteiger partial charge in [-0.05, 0) is 43.9 Å². The minimum Gasteiger partial charge on any atom is -0.493 e. The third-order valence-corrected chi connectivity index (χ3v) is 5.10. The van der Waals surface area contributed by atoms with Crippen molar-refractivity contribution in [2.75, 3.05) is 41.5 Å². The second-order valence-electron chi connectivity index (χ2n) is 7.83. The molecule has 2 aromatic heterocycles. The number of benzene rings is 2. The maximum Gasteiger partial charge on any atom is 0.379 e. The van der Waals surface area contributed by atoms with Crippen molar-refractivity contribution in [3.05, 3.63) is 68.9 Å². The van der Waals surface area contributed by atoms with Crippen LogP contribution in [0.15, 0.2) is 60.9 Å². The normalized spacial score (nSPS) is 11.2. The molecule has 9 nitrogen and oxygen atoms in total. The lowest BCUT2D eigenvalue weighted by atomic mass is 10.1. The van der Waals surface area contributed by atoms with Gasteiger partial charge in [0.15, 0.2) is 11.5 Å². The lowest BCUT2D eigenvalue weighted by Crippen LogP contribution is -2.14. The van der Waals surface area contributed by atoms with E-state index in [-0.39, 0.29) is 19.0 Å². The van der Waals surface area contributed by atoms with Gasteiger partial charge in [0.05, 0.1) is 14.2 Å². The van der Waals surface area contributed by atoms with Crippen molar-refractivity contribution in [3.63, 3.8) is 0 Å². The standard InChI is InChI=1S/C25H25NO8/c1-26(2)14-16-11-24(27)33-20-12-17(5-6-18(16)20)31-7-8-32-23-10-15-9-21(29-3)22(30-4)13-19(15)34-25(23)28/h5-6,9-13H,7-8,14H2,1-4H3. The van der Waals surface area contributed by atoms with Crippen LogP contribution in [0.25, 0.3) is 21.9 Å². The lowest BCUT2D eigenvalue weighted by molar-refractivity contribution is 0.212. The van der Waals surface area contributed by atoms with Gasteiger partial charge in [-0.2, -0.15) is 0 Å². The first kappa shape index (κ1) is 23.2. The minimum atomic E-state index is -0.611. The van der Waals surface area contributed by atoms with Crippen LogP contribution >= 0.6 is 0 Å². The molecule has 178 valence electrons. The first-order chi connectivity index (χ1) is 16.4.